The molecule has 15 heavy (non-hydrogen) atoms. The maximum Gasteiger partial charge on any atom is 0.0306 e. The maximum absolute atomic E-state index is 6.40. The summed E-state index contributed by atoms with van der Waals surface area (Å²) < 4.78 is 0. The fraction of sp³-hybridized carbons (Fsp3) is 1.00. The number of nitrogens with two attached hydrogens (primary N) is 1. The second-order valence-corrected chi connectivity index (χ2v) is 5.92. The molecule has 2 N–H and O–H groups in total. The van der Waals surface area contributed by atoms with Crippen LogP contribution in [0.3, 0.4) is 0 Å². The Labute approximate surface area is 94.2 Å². The lowest BCUT2D eigenvalue weighted by Crippen LogP contribution is -2.57. The van der Waals surface area contributed by atoms with Gasteiger partial charge in [0.25, 0.3) is 0 Å². The molecular weight excluding hydrogens is 184 g/mol. The molecule has 0 aromatic carbocycles. The summed E-state index contributed by atoms with van der Waals surface area (Å²) in [5.41, 5.74) is 6.61. The van der Waals surface area contributed by atoms with Crippen LogP contribution in [-0.2, 0) is 0 Å². The Morgan fingerprint density at radius 3 is 2.07 bits per heavy atom. The fourth-order valence-corrected chi connectivity index (χ4v) is 2.89. The highest BCUT2D eigenvalue weighted by molar-refractivity contribution is 5.00. The monoisotopic (exact) mass is 210 g/mol. The minimum atomic E-state index is 0.214. The fourth-order valence-electron chi connectivity index (χ4n) is 2.89. The van der Waals surface area contributed by atoms with Gasteiger partial charge in [0.05, 0.1) is 0 Å². The molecule has 1 unspecified atom stereocenters. The van der Waals surface area contributed by atoms with E-state index in [0.29, 0.717) is 6.04 Å². The number of likely N-dealkylation sites (tertiary alicyclic amines) is 1. The smallest absolute Gasteiger partial charge is 0.0306 e. The van der Waals surface area contributed by atoms with Crippen LogP contribution in [0.1, 0.15) is 52.4 Å². The minimum Gasteiger partial charge on any atom is -0.326 e. The summed E-state index contributed by atoms with van der Waals surface area (Å²) in [7, 11) is 0. The average Bonchev–Trinajstić information content (AvgIpc) is 3.04. The molecule has 0 aromatic heterocycles. The van der Waals surface area contributed by atoms with Crippen molar-refractivity contribution in [1.29, 1.82) is 0 Å². The second-order valence-electron chi connectivity index (χ2n) is 5.92. The Morgan fingerprint density at radius 2 is 1.60 bits per heavy atom. The molecule has 0 amide bonds. The highest BCUT2D eigenvalue weighted by Crippen LogP contribution is 2.38. The minimum absolute atomic E-state index is 0.214. The third kappa shape index (κ3) is 2.54. The molecule has 1 aliphatic carbocycles. The first kappa shape index (κ1) is 11.4. The van der Waals surface area contributed by atoms with Gasteiger partial charge in [-0.15, -0.1) is 0 Å². The topological polar surface area (TPSA) is 29.3 Å². The quantitative estimate of drug-likeness (QED) is 0.775. The Bertz CT molecular complexity index is 201. The summed E-state index contributed by atoms with van der Waals surface area (Å²) in [6, 6.07) is 0.385. The summed E-state index contributed by atoms with van der Waals surface area (Å²) in [6.07, 6.45) is 8.26. The van der Waals surface area contributed by atoms with E-state index in [1.165, 1.54) is 51.6 Å². The van der Waals surface area contributed by atoms with Gasteiger partial charge in [0.15, 0.2) is 0 Å². The molecule has 2 fully saturated rings. The molecule has 88 valence electrons. The van der Waals surface area contributed by atoms with E-state index < -0.39 is 0 Å². The normalized spacial score (nSPS) is 27.4. The van der Waals surface area contributed by atoms with Crippen LogP contribution in [0.15, 0.2) is 0 Å². The number of nitrogens with zero attached hydrogens (tertiary/aromatic N) is 1. The standard InChI is InChI=1S/C13H26N2/c1-13(2,12(14)11-7-8-11)15-9-5-3-4-6-10-15/h11-12H,3-10,14H2,1-2H3. The number of rotatable bonds is 3. The van der Waals surface area contributed by atoms with Crippen molar-refractivity contribution in [3.8, 4) is 0 Å². The van der Waals surface area contributed by atoms with E-state index in [-0.39, 0.29) is 5.54 Å². The van der Waals surface area contributed by atoms with Gasteiger partial charge in [0.2, 0.25) is 0 Å². The van der Waals surface area contributed by atoms with Crippen molar-refractivity contribution in [3.05, 3.63) is 0 Å². The molecule has 2 heteroatoms. The van der Waals surface area contributed by atoms with Crippen molar-refractivity contribution in [1.82, 2.24) is 4.90 Å². The first-order valence-electron chi connectivity index (χ1n) is 6.63. The SMILES string of the molecule is CC(C)(C(N)C1CC1)N1CCCCCC1. The van der Waals surface area contributed by atoms with Gasteiger partial charge >= 0.3 is 0 Å². The van der Waals surface area contributed by atoms with Crippen LogP contribution in [0.25, 0.3) is 0 Å². The van der Waals surface area contributed by atoms with Crippen LogP contribution in [0.5, 0.6) is 0 Å². The molecule has 1 saturated heterocycles. The lowest BCUT2D eigenvalue weighted by molar-refractivity contribution is 0.0903. The van der Waals surface area contributed by atoms with Gasteiger partial charge in [-0.25, -0.2) is 0 Å². The molecule has 1 heterocycles. The van der Waals surface area contributed by atoms with Crippen LogP contribution >= 0.6 is 0 Å². The highest BCUT2D eigenvalue weighted by Gasteiger charge is 2.41. The summed E-state index contributed by atoms with van der Waals surface area (Å²) in [4.78, 5) is 2.64. The zero-order valence-electron chi connectivity index (χ0n) is 10.3. The first-order chi connectivity index (χ1) is 7.12. The Kier molecular flexibility index (Phi) is 3.36. The van der Waals surface area contributed by atoms with E-state index in [1.807, 2.05) is 0 Å². The average molecular weight is 210 g/mol. The zero-order valence-corrected chi connectivity index (χ0v) is 10.3. The summed E-state index contributed by atoms with van der Waals surface area (Å²) in [6.45, 7) is 7.21. The number of hydrogen-bond acceptors (Lipinski definition) is 2. The molecule has 2 nitrogen and oxygen atoms in total. The van der Waals surface area contributed by atoms with E-state index in [2.05, 4.69) is 18.7 Å². The molecule has 1 atom stereocenters. The van der Waals surface area contributed by atoms with Crippen molar-refractivity contribution in [2.24, 2.45) is 11.7 Å². The molecular formula is C13H26N2. The van der Waals surface area contributed by atoms with Crippen molar-refractivity contribution < 1.29 is 0 Å². The summed E-state index contributed by atoms with van der Waals surface area (Å²) >= 11 is 0. The molecule has 0 radical (unpaired) electrons. The molecule has 0 bridgehead atoms. The van der Waals surface area contributed by atoms with E-state index in [1.54, 1.807) is 0 Å². The van der Waals surface area contributed by atoms with Crippen molar-refractivity contribution in [3.63, 3.8) is 0 Å². The van der Waals surface area contributed by atoms with Crippen LogP contribution in [0.2, 0.25) is 0 Å². The van der Waals surface area contributed by atoms with E-state index in [4.69, 9.17) is 5.73 Å². The lowest BCUT2D eigenvalue weighted by atomic mass is 9.89. The lowest BCUT2D eigenvalue weighted by Gasteiger charge is -2.42. The Morgan fingerprint density at radius 1 is 1.07 bits per heavy atom. The first-order valence-corrected chi connectivity index (χ1v) is 6.63. The van der Waals surface area contributed by atoms with Crippen molar-refractivity contribution in [2.45, 2.75) is 64.0 Å². The second kappa shape index (κ2) is 4.42. The van der Waals surface area contributed by atoms with Gasteiger partial charge in [0.1, 0.15) is 0 Å². The van der Waals surface area contributed by atoms with E-state index in [0.717, 1.165) is 5.92 Å². The Hall–Kier alpha value is -0.0800. The van der Waals surface area contributed by atoms with Crippen molar-refractivity contribution >= 4 is 0 Å². The van der Waals surface area contributed by atoms with Gasteiger partial charge in [-0.3, -0.25) is 4.90 Å². The predicted octanol–water partition coefficient (Wildman–Crippen LogP) is 2.38. The summed E-state index contributed by atoms with van der Waals surface area (Å²) in [5, 5.41) is 0. The number of hydrogen-bond donors (Lipinski definition) is 1. The largest absolute Gasteiger partial charge is 0.326 e. The third-order valence-corrected chi connectivity index (χ3v) is 4.37. The van der Waals surface area contributed by atoms with Crippen LogP contribution < -0.4 is 5.73 Å². The molecule has 2 aliphatic rings. The van der Waals surface area contributed by atoms with Gasteiger partial charge in [-0.2, -0.15) is 0 Å². The van der Waals surface area contributed by atoms with E-state index in [9.17, 15) is 0 Å². The molecule has 1 saturated carbocycles. The predicted molar refractivity (Wildman–Crippen MR) is 64.8 cm³/mol. The van der Waals surface area contributed by atoms with Gasteiger partial charge < -0.3 is 5.73 Å². The molecule has 0 spiro atoms. The third-order valence-electron chi connectivity index (χ3n) is 4.37. The van der Waals surface area contributed by atoms with Gasteiger partial charge in [-0.05, 0) is 58.5 Å². The van der Waals surface area contributed by atoms with Crippen LogP contribution in [-0.4, -0.2) is 29.6 Å². The Balaban J connectivity index is 1.98. The van der Waals surface area contributed by atoms with Gasteiger partial charge in [0, 0.05) is 11.6 Å². The van der Waals surface area contributed by atoms with Gasteiger partial charge in [-0.1, -0.05) is 12.8 Å². The van der Waals surface area contributed by atoms with Crippen LogP contribution in [0, 0.1) is 5.92 Å². The van der Waals surface area contributed by atoms with Crippen molar-refractivity contribution in [2.75, 3.05) is 13.1 Å². The zero-order chi connectivity index (χ0) is 10.9. The van der Waals surface area contributed by atoms with Crippen LogP contribution in [0.4, 0.5) is 0 Å². The molecule has 0 aromatic rings. The van der Waals surface area contributed by atoms with E-state index >= 15 is 0 Å². The summed E-state index contributed by atoms with van der Waals surface area (Å²) in [5.74, 6) is 0.809. The molecule has 2 rings (SSSR count). The highest BCUT2D eigenvalue weighted by atomic mass is 15.2. The molecule has 1 aliphatic heterocycles. The maximum atomic E-state index is 6.40.